The Morgan fingerprint density at radius 3 is 2.88 bits per heavy atom. The average molecular weight is 233 g/mol. The number of nitrogens with one attached hydrogen (secondary N) is 2. The van der Waals surface area contributed by atoms with Crippen molar-refractivity contribution in [2.24, 2.45) is 0 Å². The number of benzene rings is 1. The zero-order valence-electron chi connectivity index (χ0n) is 9.83. The SMILES string of the molecule is CNCCCc1[nH]ncc1-c1ccccc1F. The van der Waals surface area contributed by atoms with Gasteiger partial charge in [-0.15, -0.1) is 0 Å². The van der Waals surface area contributed by atoms with Gasteiger partial charge >= 0.3 is 0 Å². The van der Waals surface area contributed by atoms with Crippen molar-refractivity contribution in [2.75, 3.05) is 13.6 Å². The summed E-state index contributed by atoms with van der Waals surface area (Å²) in [6.07, 6.45) is 3.55. The molecule has 1 aromatic heterocycles. The number of aromatic amines is 1. The molecule has 0 aliphatic heterocycles. The van der Waals surface area contributed by atoms with E-state index < -0.39 is 0 Å². The van der Waals surface area contributed by atoms with Gasteiger partial charge in [-0.05, 0) is 32.5 Å². The van der Waals surface area contributed by atoms with Crippen LogP contribution in [0.4, 0.5) is 4.39 Å². The van der Waals surface area contributed by atoms with Gasteiger partial charge in [-0.1, -0.05) is 18.2 Å². The van der Waals surface area contributed by atoms with Gasteiger partial charge in [-0.25, -0.2) is 4.39 Å². The van der Waals surface area contributed by atoms with E-state index in [0.717, 1.165) is 30.6 Å². The van der Waals surface area contributed by atoms with Crippen LogP contribution in [0.15, 0.2) is 30.5 Å². The van der Waals surface area contributed by atoms with Gasteiger partial charge in [-0.2, -0.15) is 5.10 Å². The van der Waals surface area contributed by atoms with Crippen LogP contribution in [0.3, 0.4) is 0 Å². The number of aryl methyl sites for hydroxylation is 1. The molecule has 3 nitrogen and oxygen atoms in total. The molecule has 0 aliphatic carbocycles. The summed E-state index contributed by atoms with van der Waals surface area (Å²) in [5, 5.41) is 10.0. The summed E-state index contributed by atoms with van der Waals surface area (Å²) >= 11 is 0. The first kappa shape index (κ1) is 11.8. The summed E-state index contributed by atoms with van der Waals surface area (Å²) < 4.78 is 13.7. The lowest BCUT2D eigenvalue weighted by Crippen LogP contribution is -2.08. The Balaban J connectivity index is 2.22. The summed E-state index contributed by atoms with van der Waals surface area (Å²) in [7, 11) is 1.92. The third-order valence-corrected chi connectivity index (χ3v) is 2.74. The lowest BCUT2D eigenvalue weighted by atomic mass is 10.0. The Hall–Kier alpha value is -1.68. The van der Waals surface area contributed by atoms with Gasteiger partial charge in [0.05, 0.1) is 6.20 Å². The van der Waals surface area contributed by atoms with Crippen LogP contribution in [0.5, 0.6) is 0 Å². The van der Waals surface area contributed by atoms with Crippen molar-refractivity contribution in [3.05, 3.63) is 42.0 Å². The molecule has 0 unspecified atom stereocenters. The van der Waals surface area contributed by atoms with Crippen molar-refractivity contribution in [1.82, 2.24) is 15.5 Å². The number of hydrogen-bond acceptors (Lipinski definition) is 2. The molecule has 4 heteroatoms. The Morgan fingerprint density at radius 1 is 1.29 bits per heavy atom. The van der Waals surface area contributed by atoms with Crippen LogP contribution >= 0.6 is 0 Å². The smallest absolute Gasteiger partial charge is 0.131 e. The van der Waals surface area contributed by atoms with E-state index in [2.05, 4.69) is 15.5 Å². The summed E-state index contributed by atoms with van der Waals surface area (Å²) in [4.78, 5) is 0. The number of nitrogens with zero attached hydrogens (tertiary/aromatic N) is 1. The highest BCUT2D eigenvalue weighted by Gasteiger charge is 2.10. The van der Waals surface area contributed by atoms with Crippen LogP contribution in [-0.2, 0) is 6.42 Å². The molecular formula is C13H16FN3. The van der Waals surface area contributed by atoms with Crippen molar-refractivity contribution < 1.29 is 4.39 Å². The van der Waals surface area contributed by atoms with E-state index in [1.807, 2.05) is 13.1 Å². The van der Waals surface area contributed by atoms with Gasteiger partial charge in [0, 0.05) is 16.8 Å². The molecule has 0 atom stereocenters. The zero-order valence-corrected chi connectivity index (χ0v) is 9.83. The van der Waals surface area contributed by atoms with E-state index in [-0.39, 0.29) is 5.82 Å². The summed E-state index contributed by atoms with van der Waals surface area (Å²) in [6.45, 7) is 0.940. The number of rotatable bonds is 5. The van der Waals surface area contributed by atoms with Crippen molar-refractivity contribution in [1.29, 1.82) is 0 Å². The van der Waals surface area contributed by atoms with E-state index in [9.17, 15) is 4.39 Å². The normalized spacial score (nSPS) is 10.7. The van der Waals surface area contributed by atoms with E-state index >= 15 is 0 Å². The molecule has 2 rings (SSSR count). The van der Waals surface area contributed by atoms with Gasteiger partial charge in [0.25, 0.3) is 0 Å². The molecule has 0 saturated carbocycles. The highest BCUT2D eigenvalue weighted by atomic mass is 19.1. The molecule has 0 spiro atoms. The third kappa shape index (κ3) is 2.71. The van der Waals surface area contributed by atoms with Crippen LogP contribution in [0.2, 0.25) is 0 Å². The van der Waals surface area contributed by atoms with Crippen LogP contribution in [0, 0.1) is 5.82 Å². The van der Waals surface area contributed by atoms with Crippen LogP contribution in [0.1, 0.15) is 12.1 Å². The molecule has 2 N–H and O–H groups in total. The first-order valence-corrected chi connectivity index (χ1v) is 5.74. The lowest BCUT2D eigenvalue weighted by molar-refractivity contribution is 0.631. The topological polar surface area (TPSA) is 40.7 Å². The molecule has 90 valence electrons. The molecule has 0 radical (unpaired) electrons. The minimum absolute atomic E-state index is 0.205. The quantitative estimate of drug-likeness (QED) is 0.778. The standard InChI is InChI=1S/C13H16FN3/c1-15-8-4-7-13-11(9-16-17-13)10-5-2-3-6-12(10)14/h2-3,5-6,9,15H,4,7-8H2,1H3,(H,16,17). The molecule has 1 aromatic carbocycles. The summed E-state index contributed by atoms with van der Waals surface area (Å²) in [5.41, 5.74) is 2.46. The van der Waals surface area contributed by atoms with Gasteiger partial charge in [-0.3, -0.25) is 5.10 Å². The van der Waals surface area contributed by atoms with E-state index in [4.69, 9.17) is 0 Å². The first-order valence-electron chi connectivity index (χ1n) is 5.74. The highest BCUT2D eigenvalue weighted by Crippen LogP contribution is 2.25. The van der Waals surface area contributed by atoms with E-state index in [1.54, 1.807) is 18.3 Å². The second-order valence-corrected chi connectivity index (χ2v) is 3.95. The molecule has 0 amide bonds. The van der Waals surface area contributed by atoms with Gasteiger partial charge in [0.1, 0.15) is 5.82 Å². The fraction of sp³-hybridized carbons (Fsp3) is 0.308. The monoisotopic (exact) mass is 233 g/mol. The van der Waals surface area contributed by atoms with Crippen molar-refractivity contribution in [3.63, 3.8) is 0 Å². The molecule has 2 aromatic rings. The number of halogens is 1. The maximum Gasteiger partial charge on any atom is 0.131 e. The second-order valence-electron chi connectivity index (χ2n) is 3.95. The van der Waals surface area contributed by atoms with Crippen molar-refractivity contribution in [2.45, 2.75) is 12.8 Å². The Kier molecular flexibility index (Phi) is 3.88. The minimum Gasteiger partial charge on any atom is -0.320 e. The highest BCUT2D eigenvalue weighted by molar-refractivity contribution is 5.65. The fourth-order valence-electron chi connectivity index (χ4n) is 1.86. The maximum absolute atomic E-state index is 13.7. The number of H-pyrrole nitrogens is 1. The molecule has 1 heterocycles. The van der Waals surface area contributed by atoms with Crippen LogP contribution in [-0.4, -0.2) is 23.8 Å². The van der Waals surface area contributed by atoms with Crippen LogP contribution < -0.4 is 5.32 Å². The largest absolute Gasteiger partial charge is 0.320 e. The average Bonchev–Trinajstić information content (AvgIpc) is 2.78. The molecular weight excluding hydrogens is 217 g/mol. The molecule has 0 fully saturated rings. The summed E-state index contributed by atoms with van der Waals surface area (Å²) in [5.74, 6) is -0.205. The molecule has 0 saturated heterocycles. The van der Waals surface area contributed by atoms with E-state index in [0.29, 0.717) is 5.56 Å². The lowest BCUT2D eigenvalue weighted by Gasteiger charge is -2.04. The maximum atomic E-state index is 13.7. The van der Waals surface area contributed by atoms with Crippen molar-refractivity contribution >= 4 is 0 Å². The second kappa shape index (κ2) is 5.59. The number of hydrogen-bond donors (Lipinski definition) is 2. The molecule has 17 heavy (non-hydrogen) atoms. The predicted octanol–water partition coefficient (Wildman–Crippen LogP) is 2.37. The predicted molar refractivity (Wildman–Crippen MR) is 66.2 cm³/mol. The van der Waals surface area contributed by atoms with Crippen molar-refractivity contribution in [3.8, 4) is 11.1 Å². The van der Waals surface area contributed by atoms with Gasteiger partial charge < -0.3 is 5.32 Å². The third-order valence-electron chi connectivity index (χ3n) is 2.74. The van der Waals surface area contributed by atoms with Gasteiger partial charge in [0.2, 0.25) is 0 Å². The van der Waals surface area contributed by atoms with Gasteiger partial charge in [0.15, 0.2) is 0 Å². The summed E-state index contributed by atoms with van der Waals surface area (Å²) in [6, 6.07) is 6.78. The molecule has 0 aliphatic rings. The molecule has 0 bridgehead atoms. The van der Waals surface area contributed by atoms with Crippen LogP contribution in [0.25, 0.3) is 11.1 Å². The number of aromatic nitrogens is 2. The zero-order chi connectivity index (χ0) is 12.1. The Labute approximate surface area is 100 Å². The Morgan fingerprint density at radius 2 is 2.12 bits per heavy atom. The minimum atomic E-state index is -0.205. The fourth-order valence-corrected chi connectivity index (χ4v) is 1.86. The Bertz CT molecular complexity index is 479. The van der Waals surface area contributed by atoms with E-state index in [1.165, 1.54) is 6.07 Å². The first-order chi connectivity index (χ1) is 8.33.